The first-order valence-corrected chi connectivity index (χ1v) is 4.64. The van der Waals surface area contributed by atoms with Crippen molar-refractivity contribution in [2.75, 3.05) is 6.61 Å². The zero-order valence-electron chi connectivity index (χ0n) is 7.05. The monoisotopic (exact) mass is 227 g/mol. The molecule has 0 spiro atoms. The second kappa shape index (κ2) is 4.06. The van der Waals surface area contributed by atoms with Crippen LogP contribution in [-0.4, -0.2) is 11.7 Å². The first kappa shape index (κ1) is 9.75. The minimum absolute atomic E-state index is 0.0423. The molecule has 65 valence electrons. The molecule has 1 radical (unpaired) electrons. The maximum absolute atomic E-state index is 8.92. The molecule has 0 saturated heterocycles. The van der Waals surface area contributed by atoms with Crippen molar-refractivity contribution in [3.05, 3.63) is 40.7 Å². The van der Waals surface area contributed by atoms with Gasteiger partial charge in [0.2, 0.25) is 0 Å². The third-order valence-electron chi connectivity index (χ3n) is 1.81. The van der Waals surface area contributed by atoms with E-state index in [1.54, 1.807) is 0 Å². The molecule has 1 rings (SSSR count). The Kier molecular flexibility index (Phi) is 3.29. The van der Waals surface area contributed by atoms with E-state index in [1.165, 1.54) is 5.56 Å². The summed E-state index contributed by atoms with van der Waals surface area (Å²) in [7, 11) is 0. The molecule has 0 bridgehead atoms. The fourth-order valence-electron chi connectivity index (χ4n) is 1.07. The van der Waals surface area contributed by atoms with Gasteiger partial charge in [0.25, 0.3) is 0 Å². The molecule has 0 amide bonds. The molecule has 1 aromatic rings. The van der Waals surface area contributed by atoms with E-state index >= 15 is 0 Å². The van der Waals surface area contributed by atoms with E-state index in [1.807, 2.05) is 25.1 Å². The van der Waals surface area contributed by atoms with Gasteiger partial charge in [-0.25, -0.2) is 0 Å². The maximum atomic E-state index is 8.92. The van der Waals surface area contributed by atoms with Crippen LogP contribution >= 0.6 is 15.9 Å². The topological polar surface area (TPSA) is 20.2 Å². The van der Waals surface area contributed by atoms with Crippen molar-refractivity contribution in [2.24, 2.45) is 0 Å². The largest absolute Gasteiger partial charge is 0.396 e. The lowest BCUT2D eigenvalue weighted by atomic mass is 10.0. The Morgan fingerprint density at radius 1 is 1.58 bits per heavy atom. The average Bonchev–Trinajstić information content (AvgIpc) is 2.08. The zero-order valence-corrected chi connectivity index (χ0v) is 8.63. The van der Waals surface area contributed by atoms with Gasteiger partial charge in [-0.1, -0.05) is 33.6 Å². The number of aliphatic hydroxyl groups is 1. The normalized spacial score (nSPS) is 13.0. The molecule has 1 unspecified atom stereocenters. The Labute approximate surface area is 81.6 Å². The highest BCUT2D eigenvalue weighted by Crippen LogP contribution is 2.25. The summed E-state index contributed by atoms with van der Waals surface area (Å²) in [6, 6.07) is 6.05. The van der Waals surface area contributed by atoms with Gasteiger partial charge in [0.05, 0.1) is 0 Å². The Morgan fingerprint density at radius 2 is 2.25 bits per heavy atom. The molecule has 0 aliphatic heterocycles. The first-order chi connectivity index (χ1) is 5.65. The van der Waals surface area contributed by atoms with Gasteiger partial charge >= 0.3 is 0 Å². The van der Waals surface area contributed by atoms with Crippen molar-refractivity contribution in [2.45, 2.75) is 12.8 Å². The molecular formula is C10H12BrO. The molecule has 0 aromatic heterocycles. The van der Waals surface area contributed by atoms with Crippen molar-refractivity contribution in [1.29, 1.82) is 0 Å². The van der Waals surface area contributed by atoms with Crippen LogP contribution in [0.15, 0.2) is 22.7 Å². The zero-order chi connectivity index (χ0) is 9.14. The van der Waals surface area contributed by atoms with Crippen LogP contribution in [-0.2, 0) is 0 Å². The summed E-state index contributed by atoms with van der Waals surface area (Å²) in [6.45, 7) is 5.96. The van der Waals surface area contributed by atoms with E-state index in [-0.39, 0.29) is 12.5 Å². The smallest absolute Gasteiger partial charge is 0.0500 e. The molecule has 1 atom stereocenters. The van der Waals surface area contributed by atoms with Crippen LogP contribution in [0.2, 0.25) is 0 Å². The van der Waals surface area contributed by atoms with Gasteiger partial charge < -0.3 is 5.11 Å². The average molecular weight is 228 g/mol. The summed E-state index contributed by atoms with van der Waals surface area (Å²) in [5.74, 6) is -0.0423. The van der Waals surface area contributed by atoms with Gasteiger partial charge in [-0.15, -0.1) is 0 Å². The molecule has 0 saturated carbocycles. The van der Waals surface area contributed by atoms with E-state index in [9.17, 15) is 0 Å². The van der Waals surface area contributed by atoms with Gasteiger partial charge in [-0.3, -0.25) is 0 Å². The summed E-state index contributed by atoms with van der Waals surface area (Å²) < 4.78 is 1.02. The molecule has 0 aliphatic carbocycles. The Hall–Kier alpha value is -0.340. The Bertz CT molecular complexity index is 271. The predicted molar refractivity (Wildman–Crippen MR) is 54.1 cm³/mol. The van der Waals surface area contributed by atoms with Crippen LogP contribution < -0.4 is 0 Å². The molecule has 1 N–H and O–H groups in total. The number of aryl methyl sites for hydroxylation is 1. The molecule has 12 heavy (non-hydrogen) atoms. The maximum Gasteiger partial charge on any atom is 0.0500 e. The van der Waals surface area contributed by atoms with Crippen molar-refractivity contribution >= 4 is 15.9 Å². The molecule has 1 nitrogen and oxygen atoms in total. The van der Waals surface area contributed by atoms with Gasteiger partial charge in [0.15, 0.2) is 0 Å². The van der Waals surface area contributed by atoms with E-state index in [0.717, 1.165) is 10.0 Å². The summed E-state index contributed by atoms with van der Waals surface area (Å²) in [4.78, 5) is 0. The highest BCUT2D eigenvalue weighted by Gasteiger charge is 2.07. The minimum atomic E-state index is -0.0423. The second-order valence-corrected chi connectivity index (χ2v) is 3.76. The van der Waals surface area contributed by atoms with Gasteiger partial charge in [-0.05, 0) is 25.5 Å². The third kappa shape index (κ3) is 2.08. The van der Waals surface area contributed by atoms with Crippen molar-refractivity contribution in [3.63, 3.8) is 0 Å². The van der Waals surface area contributed by atoms with Crippen LogP contribution in [0.5, 0.6) is 0 Å². The van der Waals surface area contributed by atoms with Gasteiger partial charge in [-0.2, -0.15) is 0 Å². The van der Waals surface area contributed by atoms with Crippen LogP contribution in [0, 0.1) is 13.8 Å². The van der Waals surface area contributed by atoms with Crippen LogP contribution in [0.1, 0.15) is 17.0 Å². The number of rotatable bonds is 2. The van der Waals surface area contributed by atoms with Crippen molar-refractivity contribution in [1.82, 2.24) is 0 Å². The molecule has 0 aliphatic rings. The number of hydrogen-bond donors (Lipinski definition) is 1. The molecule has 0 fully saturated rings. The fourth-order valence-corrected chi connectivity index (χ4v) is 1.64. The lowest BCUT2D eigenvalue weighted by Crippen LogP contribution is -2.00. The van der Waals surface area contributed by atoms with Crippen LogP contribution in [0.3, 0.4) is 0 Å². The summed E-state index contributed by atoms with van der Waals surface area (Å²) in [5.41, 5.74) is 2.26. The lowest BCUT2D eigenvalue weighted by Gasteiger charge is -2.10. The van der Waals surface area contributed by atoms with Gasteiger partial charge in [0, 0.05) is 17.0 Å². The van der Waals surface area contributed by atoms with Crippen molar-refractivity contribution in [3.8, 4) is 0 Å². The standard InChI is InChI=1S/C10H12BrO/c1-7-3-4-10(11)9(5-7)8(2)6-12/h3-5,8,12H,2,6H2,1H3. The fraction of sp³-hybridized carbons (Fsp3) is 0.300. The SMILES string of the molecule is [CH2]C(CO)c1cc(C)ccc1Br. The number of benzene rings is 1. The molecule has 2 heteroatoms. The van der Waals surface area contributed by atoms with E-state index in [0.29, 0.717) is 0 Å². The Morgan fingerprint density at radius 3 is 2.83 bits per heavy atom. The summed E-state index contributed by atoms with van der Waals surface area (Å²) in [5, 5.41) is 8.92. The van der Waals surface area contributed by atoms with Gasteiger partial charge in [0.1, 0.15) is 0 Å². The lowest BCUT2D eigenvalue weighted by molar-refractivity contribution is 0.282. The minimum Gasteiger partial charge on any atom is -0.396 e. The predicted octanol–water partition coefficient (Wildman–Crippen LogP) is 2.67. The number of aliphatic hydroxyl groups excluding tert-OH is 1. The summed E-state index contributed by atoms with van der Waals surface area (Å²) in [6.07, 6.45) is 0. The van der Waals surface area contributed by atoms with E-state index in [4.69, 9.17) is 5.11 Å². The van der Waals surface area contributed by atoms with Crippen molar-refractivity contribution < 1.29 is 5.11 Å². The third-order valence-corrected chi connectivity index (χ3v) is 2.53. The van der Waals surface area contributed by atoms with Crippen LogP contribution in [0.4, 0.5) is 0 Å². The highest BCUT2D eigenvalue weighted by molar-refractivity contribution is 9.10. The van der Waals surface area contributed by atoms with E-state index in [2.05, 4.69) is 22.9 Å². The molecular weight excluding hydrogens is 216 g/mol. The number of hydrogen-bond acceptors (Lipinski definition) is 1. The molecule has 0 heterocycles. The highest BCUT2D eigenvalue weighted by atomic mass is 79.9. The molecule has 1 aromatic carbocycles. The summed E-state index contributed by atoms with van der Waals surface area (Å²) >= 11 is 3.42. The van der Waals surface area contributed by atoms with Crippen LogP contribution in [0.25, 0.3) is 0 Å². The second-order valence-electron chi connectivity index (χ2n) is 2.90. The van der Waals surface area contributed by atoms with E-state index < -0.39 is 0 Å². The Balaban J connectivity index is 3.04. The quantitative estimate of drug-likeness (QED) is 0.824. The number of halogens is 1. The first-order valence-electron chi connectivity index (χ1n) is 3.85.